The van der Waals surface area contributed by atoms with Gasteiger partial charge in [-0.1, -0.05) is 35.7 Å². The summed E-state index contributed by atoms with van der Waals surface area (Å²) in [6.07, 6.45) is 1.77. The van der Waals surface area contributed by atoms with Crippen molar-refractivity contribution in [1.29, 1.82) is 0 Å². The molecule has 0 radical (unpaired) electrons. The van der Waals surface area contributed by atoms with Crippen LogP contribution < -0.4 is 20.5 Å². The lowest BCUT2D eigenvalue weighted by Gasteiger charge is -2.23. The molecule has 0 bridgehead atoms. The summed E-state index contributed by atoms with van der Waals surface area (Å²) < 4.78 is 18.1. The molecule has 3 aromatic carbocycles. The van der Waals surface area contributed by atoms with Crippen molar-refractivity contribution in [1.82, 2.24) is 14.3 Å². The van der Waals surface area contributed by atoms with Gasteiger partial charge in [-0.15, -0.1) is 0 Å². The predicted octanol–water partition coefficient (Wildman–Crippen LogP) is 5.74. The lowest BCUT2D eigenvalue weighted by Crippen LogP contribution is -2.28. The molecule has 1 unspecified atom stereocenters. The summed E-state index contributed by atoms with van der Waals surface area (Å²) in [5.74, 6) is -0.0255. The first-order chi connectivity index (χ1) is 18.2. The molecule has 1 amide bonds. The minimum atomic E-state index is -0.295. The molecule has 5 rings (SSSR count). The number of nitrogens with zero attached hydrogens (tertiary/aromatic N) is 3. The molecule has 2 N–H and O–H groups in total. The molecule has 0 fully saturated rings. The first-order valence-corrected chi connectivity index (χ1v) is 13.7. The Labute approximate surface area is 229 Å². The van der Waals surface area contributed by atoms with Crippen molar-refractivity contribution in [3.8, 4) is 0 Å². The maximum absolute atomic E-state index is 13.8. The van der Waals surface area contributed by atoms with Crippen LogP contribution in [0.3, 0.4) is 0 Å². The second-order valence-electron chi connectivity index (χ2n) is 9.49. The molecule has 10 heteroatoms. The number of hydrogen-bond donors (Lipinski definition) is 2. The molecular formula is C28H27ClFN5O2S. The summed E-state index contributed by atoms with van der Waals surface area (Å²) in [5, 5.41) is 4.39. The number of aryl methyl sites for hydroxylation is 1. The van der Waals surface area contributed by atoms with Crippen LogP contribution in [0, 0.1) is 12.7 Å². The second-order valence-corrected chi connectivity index (χ2v) is 10.5. The van der Waals surface area contributed by atoms with Crippen LogP contribution in [-0.2, 0) is 20.1 Å². The standard InChI is InChI=1S/C28H27ClFN5O2S/c1-15-9-21(16(2)31-24-8-6-19(29)12-22(24)26(36)33-38-4)25-23(10-15)27(37)34(3)28(32-25)35-13-17-5-7-20(30)11-18(17)14-35/h5-12,16,31H,13-14H2,1-4H3,(H,33,36). The molecule has 1 aromatic heterocycles. The number of benzene rings is 3. The van der Waals surface area contributed by atoms with E-state index < -0.39 is 0 Å². The van der Waals surface area contributed by atoms with E-state index in [0.29, 0.717) is 46.2 Å². The first-order valence-electron chi connectivity index (χ1n) is 12.1. The van der Waals surface area contributed by atoms with Crippen molar-refractivity contribution in [2.75, 3.05) is 16.5 Å². The number of fused-ring (bicyclic) bond motifs is 2. The molecule has 38 heavy (non-hydrogen) atoms. The van der Waals surface area contributed by atoms with Crippen LogP contribution >= 0.6 is 23.5 Å². The number of anilines is 2. The molecule has 7 nitrogen and oxygen atoms in total. The van der Waals surface area contributed by atoms with Crippen LogP contribution in [0.25, 0.3) is 10.9 Å². The van der Waals surface area contributed by atoms with Crippen LogP contribution in [-0.4, -0.2) is 21.7 Å². The van der Waals surface area contributed by atoms with Gasteiger partial charge in [-0.2, -0.15) is 0 Å². The molecule has 1 aliphatic rings. The van der Waals surface area contributed by atoms with Crippen molar-refractivity contribution >= 4 is 52.0 Å². The zero-order chi connectivity index (χ0) is 27.1. The third-order valence-corrected chi connectivity index (χ3v) is 7.39. The summed E-state index contributed by atoms with van der Waals surface area (Å²) in [4.78, 5) is 33.2. The SMILES string of the molecule is CSNC(=O)c1cc(Cl)ccc1NC(C)c1cc(C)cc2c(=O)n(C)c(N3Cc4ccc(F)cc4C3)nc12. The summed E-state index contributed by atoms with van der Waals surface area (Å²) >= 11 is 7.39. The monoisotopic (exact) mass is 551 g/mol. The van der Waals surface area contributed by atoms with Crippen molar-refractivity contribution in [2.24, 2.45) is 7.05 Å². The summed E-state index contributed by atoms with van der Waals surface area (Å²) in [7, 11) is 1.71. The topological polar surface area (TPSA) is 79.3 Å². The lowest BCUT2D eigenvalue weighted by atomic mass is 10.0. The Hall–Kier alpha value is -3.56. The van der Waals surface area contributed by atoms with Gasteiger partial charge in [0.15, 0.2) is 0 Å². The van der Waals surface area contributed by atoms with Gasteiger partial charge in [0.1, 0.15) is 5.82 Å². The highest BCUT2D eigenvalue weighted by atomic mass is 35.5. The fourth-order valence-electron chi connectivity index (χ4n) is 4.95. The largest absolute Gasteiger partial charge is 0.378 e. The van der Waals surface area contributed by atoms with Crippen LogP contribution in [0.2, 0.25) is 5.02 Å². The predicted molar refractivity (Wildman–Crippen MR) is 152 cm³/mol. The van der Waals surface area contributed by atoms with Gasteiger partial charge in [-0.25, -0.2) is 9.37 Å². The number of halogens is 2. The smallest absolute Gasteiger partial charge is 0.263 e. The molecule has 2 heterocycles. The summed E-state index contributed by atoms with van der Waals surface area (Å²) in [5.41, 5.74) is 5.11. The number of nitrogens with one attached hydrogen (secondary N) is 2. The van der Waals surface area contributed by atoms with Gasteiger partial charge < -0.3 is 10.2 Å². The number of hydrogen-bond acceptors (Lipinski definition) is 6. The number of aromatic nitrogens is 2. The number of amides is 1. The molecule has 0 spiro atoms. The minimum Gasteiger partial charge on any atom is -0.378 e. The average molecular weight is 552 g/mol. The maximum Gasteiger partial charge on any atom is 0.263 e. The first kappa shape index (κ1) is 26.1. The number of carbonyl (C=O) groups is 1. The third-order valence-electron chi connectivity index (χ3n) is 6.76. The van der Waals surface area contributed by atoms with E-state index in [1.54, 1.807) is 42.1 Å². The van der Waals surface area contributed by atoms with E-state index in [9.17, 15) is 14.0 Å². The average Bonchev–Trinajstić information content (AvgIpc) is 3.30. The quantitative estimate of drug-likeness (QED) is 0.298. The van der Waals surface area contributed by atoms with E-state index in [2.05, 4.69) is 10.0 Å². The molecular weight excluding hydrogens is 525 g/mol. The zero-order valence-corrected chi connectivity index (χ0v) is 23.0. The van der Waals surface area contributed by atoms with Gasteiger partial charge in [-0.05, 0) is 66.9 Å². The second kappa shape index (κ2) is 10.3. The Kier molecular flexibility index (Phi) is 7.07. The Morgan fingerprint density at radius 1 is 1.13 bits per heavy atom. The van der Waals surface area contributed by atoms with E-state index in [4.69, 9.17) is 16.6 Å². The summed E-state index contributed by atoms with van der Waals surface area (Å²) in [6, 6.07) is 13.4. The normalized spacial score (nSPS) is 13.5. The molecule has 0 aliphatic carbocycles. The van der Waals surface area contributed by atoms with Gasteiger partial charge in [0, 0.05) is 42.7 Å². The van der Waals surface area contributed by atoms with E-state index in [0.717, 1.165) is 22.3 Å². The Bertz CT molecular complexity index is 1640. The van der Waals surface area contributed by atoms with E-state index in [1.165, 1.54) is 24.1 Å². The number of carbonyl (C=O) groups excluding carboxylic acids is 1. The zero-order valence-electron chi connectivity index (χ0n) is 21.4. The van der Waals surface area contributed by atoms with E-state index >= 15 is 0 Å². The Morgan fingerprint density at radius 3 is 2.66 bits per heavy atom. The molecule has 1 aliphatic heterocycles. The minimum absolute atomic E-state index is 0.157. The van der Waals surface area contributed by atoms with Crippen molar-refractivity contribution in [3.63, 3.8) is 0 Å². The van der Waals surface area contributed by atoms with Crippen LogP contribution in [0.15, 0.2) is 53.3 Å². The maximum atomic E-state index is 13.8. The highest BCUT2D eigenvalue weighted by molar-refractivity contribution is 7.97. The Balaban J connectivity index is 1.57. The fourth-order valence-corrected chi connectivity index (χ4v) is 5.41. The van der Waals surface area contributed by atoms with Gasteiger partial charge in [0.05, 0.1) is 22.5 Å². The highest BCUT2D eigenvalue weighted by Gasteiger charge is 2.25. The van der Waals surface area contributed by atoms with Crippen molar-refractivity contribution in [3.05, 3.63) is 97.5 Å². The van der Waals surface area contributed by atoms with Crippen LogP contribution in [0.1, 0.15) is 45.6 Å². The van der Waals surface area contributed by atoms with Crippen LogP contribution in [0.4, 0.5) is 16.0 Å². The van der Waals surface area contributed by atoms with Gasteiger partial charge in [0.25, 0.3) is 11.5 Å². The molecule has 0 saturated heterocycles. The van der Waals surface area contributed by atoms with Crippen LogP contribution in [0.5, 0.6) is 0 Å². The highest BCUT2D eigenvalue weighted by Crippen LogP contribution is 2.32. The van der Waals surface area contributed by atoms with Gasteiger partial charge >= 0.3 is 0 Å². The van der Waals surface area contributed by atoms with Gasteiger partial charge in [-0.3, -0.25) is 18.9 Å². The van der Waals surface area contributed by atoms with E-state index in [1.807, 2.05) is 30.9 Å². The Morgan fingerprint density at radius 2 is 1.89 bits per heavy atom. The number of rotatable bonds is 6. The van der Waals surface area contributed by atoms with Crippen molar-refractivity contribution in [2.45, 2.75) is 33.0 Å². The third kappa shape index (κ3) is 4.83. The van der Waals surface area contributed by atoms with Gasteiger partial charge in [0.2, 0.25) is 5.95 Å². The fraction of sp³-hybridized carbons (Fsp3) is 0.250. The lowest BCUT2D eigenvalue weighted by molar-refractivity contribution is 0.0985. The molecule has 0 saturated carbocycles. The van der Waals surface area contributed by atoms with Crippen molar-refractivity contribution < 1.29 is 9.18 Å². The summed E-state index contributed by atoms with van der Waals surface area (Å²) in [6.45, 7) is 4.91. The molecule has 1 atom stereocenters. The molecule has 196 valence electrons. The molecule has 4 aromatic rings. The van der Waals surface area contributed by atoms with E-state index in [-0.39, 0.29) is 23.3 Å².